The van der Waals surface area contributed by atoms with Crippen LogP contribution in [-0.4, -0.2) is 31.1 Å². The van der Waals surface area contributed by atoms with Crippen molar-refractivity contribution in [2.75, 3.05) is 6.61 Å². The standard InChI is InChI=1S/C20H23NO5S2/c1-16-9-11-19(12-10-16)28(23,24)21-27(22,18-7-5-4-6-8-18)14-13-17-15-25-20(2,3)26-17/h4-14,17H,15H2,1-3H3/b14-13+/t17-,27?/m0/s1. The van der Waals surface area contributed by atoms with Gasteiger partial charge in [-0.3, -0.25) is 0 Å². The monoisotopic (exact) mass is 421 g/mol. The van der Waals surface area contributed by atoms with Crippen molar-refractivity contribution in [2.45, 2.75) is 42.5 Å². The van der Waals surface area contributed by atoms with Gasteiger partial charge in [0.2, 0.25) is 0 Å². The van der Waals surface area contributed by atoms with Gasteiger partial charge in [0.25, 0.3) is 10.0 Å². The highest BCUT2D eigenvalue weighted by Gasteiger charge is 2.31. The van der Waals surface area contributed by atoms with Crippen LogP contribution in [-0.2, 0) is 29.2 Å². The van der Waals surface area contributed by atoms with E-state index in [1.165, 1.54) is 17.5 Å². The van der Waals surface area contributed by atoms with E-state index in [0.29, 0.717) is 11.5 Å². The van der Waals surface area contributed by atoms with Crippen molar-refractivity contribution >= 4 is 19.8 Å². The summed E-state index contributed by atoms with van der Waals surface area (Å²) in [7, 11) is -7.51. The van der Waals surface area contributed by atoms with Crippen LogP contribution in [0.5, 0.6) is 0 Å². The normalized spacial score (nSPS) is 21.5. The molecule has 150 valence electrons. The molecule has 1 heterocycles. The topological polar surface area (TPSA) is 82.0 Å². The third-order valence-corrected chi connectivity index (χ3v) is 8.13. The van der Waals surface area contributed by atoms with Gasteiger partial charge < -0.3 is 9.47 Å². The molecule has 0 N–H and O–H groups in total. The maximum absolute atomic E-state index is 13.6. The first-order chi connectivity index (χ1) is 13.1. The lowest BCUT2D eigenvalue weighted by molar-refractivity contribution is -0.133. The number of benzene rings is 2. The summed E-state index contributed by atoms with van der Waals surface area (Å²) < 4.78 is 54.2. The molecule has 0 spiro atoms. The maximum atomic E-state index is 13.6. The minimum atomic E-state index is -4.13. The molecule has 1 aliphatic rings. The van der Waals surface area contributed by atoms with Crippen LogP contribution >= 0.6 is 0 Å². The van der Waals surface area contributed by atoms with E-state index < -0.39 is 31.6 Å². The third-order valence-electron chi connectivity index (χ3n) is 4.12. The molecule has 0 aromatic heterocycles. The smallest absolute Gasteiger partial charge is 0.290 e. The van der Waals surface area contributed by atoms with Crippen LogP contribution in [0.3, 0.4) is 0 Å². The molecule has 0 saturated carbocycles. The second kappa shape index (κ2) is 7.79. The second-order valence-electron chi connectivity index (χ2n) is 6.94. The first-order valence-electron chi connectivity index (χ1n) is 8.75. The summed E-state index contributed by atoms with van der Waals surface area (Å²) >= 11 is 0. The van der Waals surface area contributed by atoms with Gasteiger partial charge in [0.15, 0.2) is 5.79 Å². The van der Waals surface area contributed by atoms with Crippen molar-refractivity contribution in [2.24, 2.45) is 3.77 Å². The fourth-order valence-corrected chi connectivity index (χ4v) is 6.29. The molecular formula is C20H23NO5S2. The molecule has 0 radical (unpaired) electrons. The number of ether oxygens (including phenoxy) is 2. The first-order valence-corrected chi connectivity index (χ1v) is 11.8. The van der Waals surface area contributed by atoms with Crippen LogP contribution in [0.25, 0.3) is 0 Å². The summed E-state index contributed by atoms with van der Waals surface area (Å²) in [6.45, 7) is 5.70. The van der Waals surface area contributed by atoms with E-state index in [4.69, 9.17) is 9.47 Å². The van der Waals surface area contributed by atoms with Gasteiger partial charge in [-0.2, -0.15) is 8.42 Å². The van der Waals surface area contributed by atoms with E-state index in [1.807, 2.05) is 6.92 Å². The SMILES string of the molecule is Cc1ccc(S(=O)(=O)N=S(=O)(/C=C/[C@H]2COC(C)(C)O2)c2ccccc2)cc1. The van der Waals surface area contributed by atoms with Crippen LogP contribution in [0.4, 0.5) is 0 Å². The molecule has 2 atom stereocenters. The Balaban J connectivity index is 2.06. The van der Waals surface area contributed by atoms with E-state index in [9.17, 15) is 12.6 Å². The molecule has 0 bridgehead atoms. The molecule has 6 nitrogen and oxygen atoms in total. The number of hydrogen-bond donors (Lipinski definition) is 0. The summed E-state index contributed by atoms with van der Waals surface area (Å²) in [5.74, 6) is -0.742. The van der Waals surface area contributed by atoms with E-state index in [0.717, 1.165) is 5.56 Å². The molecule has 2 aromatic carbocycles. The lowest BCUT2D eigenvalue weighted by atomic mass is 10.2. The van der Waals surface area contributed by atoms with Crippen molar-refractivity contribution in [3.63, 3.8) is 0 Å². The van der Waals surface area contributed by atoms with Gasteiger partial charge >= 0.3 is 0 Å². The second-order valence-corrected chi connectivity index (χ2v) is 10.8. The fraction of sp³-hybridized carbons (Fsp3) is 0.300. The molecule has 0 aliphatic carbocycles. The molecule has 1 unspecified atom stereocenters. The van der Waals surface area contributed by atoms with Gasteiger partial charge in [0.1, 0.15) is 15.8 Å². The third kappa shape index (κ3) is 4.88. The lowest BCUT2D eigenvalue weighted by Gasteiger charge is -2.15. The highest BCUT2D eigenvalue weighted by atomic mass is 32.3. The Morgan fingerprint density at radius 1 is 1.00 bits per heavy atom. The molecule has 2 aromatic rings. The number of aryl methyl sites for hydroxylation is 1. The van der Waals surface area contributed by atoms with E-state index in [1.54, 1.807) is 62.4 Å². The number of sulfonamides is 1. The van der Waals surface area contributed by atoms with Crippen LogP contribution in [0, 0.1) is 6.92 Å². The van der Waals surface area contributed by atoms with Crippen LogP contribution < -0.4 is 0 Å². The van der Waals surface area contributed by atoms with E-state index >= 15 is 0 Å². The molecule has 1 fully saturated rings. The summed E-state index contributed by atoms with van der Waals surface area (Å²) in [5, 5.41) is 1.31. The average Bonchev–Trinajstić information content (AvgIpc) is 3.00. The molecule has 1 saturated heterocycles. The van der Waals surface area contributed by atoms with E-state index in [-0.39, 0.29) is 4.90 Å². The quantitative estimate of drug-likeness (QED) is 0.732. The average molecular weight is 422 g/mol. The molecule has 3 rings (SSSR count). The van der Waals surface area contributed by atoms with Gasteiger partial charge in [-0.05, 0) is 51.1 Å². The van der Waals surface area contributed by atoms with Crippen molar-refractivity contribution in [3.8, 4) is 0 Å². The van der Waals surface area contributed by atoms with Crippen molar-refractivity contribution < 1.29 is 22.1 Å². The van der Waals surface area contributed by atoms with Crippen molar-refractivity contribution in [1.82, 2.24) is 0 Å². The Hall–Kier alpha value is -2.00. The van der Waals surface area contributed by atoms with Crippen LogP contribution in [0.2, 0.25) is 0 Å². The minimum Gasteiger partial charge on any atom is -0.347 e. The summed E-state index contributed by atoms with van der Waals surface area (Å²) in [6, 6.07) is 14.6. The van der Waals surface area contributed by atoms with Crippen molar-refractivity contribution in [1.29, 1.82) is 0 Å². The van der Waals surface area contributed by atoms with Gasteiger partial charge in [0, 0.05) is 5.41 Å². The van der Waals surface area contributed by atoms with E-state index in [2.05, 4.69) is 3.77 Å². The van der Waals surface area contributed by atoms with Crippen LogP contribution in [0.1, 0.15) is 19.4 Å². The highest BCUT2D eigenvalue weighted by molar-refractivity contribution is 8.05. The minimum absolute atomic E-state index is 0.00302. The fourth-order valence-electron chi connectivity index (χ4n) is 2.67. The maximum Gasteiger partial charge on any atom is 0.290 e. The molecular weight excluding hydrogens is 398 g/mol. The zero-order valence-electron chi connectivity index (χ0n) is 15.9. The predicted octanol–water partition coefficient (Wildman–Crippen LogP) is 3.88. The molecule has 0 amide bonds. The number of nitrogens with zero attached hydrogens (tertiary/aromatic N) is 1. The Labute approximate surface area is 166 Å². The van der Waals surface area contributed by atoms with Crippen molar-refractivity contribution in [3.05, 3.63) is 71.6 Å². The Morgan fingerprint density at radius 3 is 2.21 bits per heavy atom. The highest BCUT2D eigenvalue weighted by Crippen LogP contribution is 2.25. The largest absolute Gasteiger partial charge is 0.347 e. The summed E-state index contributed by atoms with van der Waals surface area (Å²) in [5.41, 5.74) is 0.920. The molecule has 8 heteroatoms. The Kier molecular flexibility index (Phi) is 5.77. The Bertz CT molecular complexity index is 1080. The zero-order chi connectivity index (χ0) is 20.4. The van der Waals surface area contributed by atoms with Gasteiger partial charge in [-0.15, -0.1) is 0 Å². The van der Waals surface area contributed by atoms with Gasteiger partial charge in [-0.1, -0.05) is 39.7 Å². The number of rotatable bonds is 5. The van der Waals surface area contributed by atoms with Gasteiger partial charge in [-0.25, -0.2) is 4.21 Å². The molecule has 28 heavy (non-hydrogen) atoms. The first kappa shape index (κ1) is 20.7. The molecule has 1 aliphatic heterocycles. The lowest BCUT2D eigenvalue weighted by Crippen LogP contribution is -2.20. The summed E-state index contributed by atoms with van der Waals surface area (Å²) in [6.07, 6.45) is 1.12. The Morgan fingerprint density at radius 2 is 1.64 bits per heavy atom. The zero-order valence-corrected chi connectivity index (χ0v) is 17.6. The number of hydrogen-bond acceptors (Lipinski definition) is 5. The van der Waals surface area contributed by atoms with Crippen LogP contribution in [0.15, 0.2) is 79.6 Å². The van der Waals surface area contributed by atoms with Gasteiger partial charge in [0.05, 0.1) is 16.4 Å². The summed E-state index contributed by atoms with van der Waals surface area (Å²) in [4.78, 5) is 0.303. The predicted molar refractivity (Wildman–Crippen MR) is 108 cm³/mol.